The summed E-state index contributed by atoms with van der Waals surface area (Å²) in [5.74, 6) is 3.60. The van der Waals surface area contributed by atoms with Gasteiger partial charge in [0, 0.05) is 39.1 Å². The Morgan fingerprint density at radius 2 is 2.04 bits per heavy atom. The summed E-state index contributed by atoms with van der Waals surface area (Å²) in [6.07, 6.45) is 6.53. The maximum Gasteiger partial charge on any atom is 0.193 e. The van der Waals surface area contributed by atoms with Crippen LogP contribution in [-0.2, 0) is 13.0 Å². The Kier molecular flexibility index (Phi) is 8.75. The summed E-state index contributed by atoms with van der Waals surface area (Å²) in [6.45, 7) is 13.9. The second kappa shape index (κ2) is 10.8. The molecule has 1 aliphatic heterocycles. The number of piperidine rings is 1. The van der Waals surface area contributed by atoms with E-state index < -0.39 is 0 Å². The number of likely N-dealkylation sites (tertiary alicyclic amines) is 1. The molecule has 2 heterocycles. The molecule has 1 aromatic heterocycles. The first-order valence-corrected chi connectivity index (χ1v) is 11.3. The van der Waals surface area contributed by atoms with Crippen molar-refractivity contribution in [2.75, 3.05) is 32.4 Å². The lowest BCUT2D eigenvalue weighted by Gasteiger charge is -2.33. The summed E-state index contributed by atoms with van der Waals surface area (Å²) in [7, 11) is 0. The van der Waals surface area contributed by atoms with Gasteiger partial charge in [0.05, 0.1) is 0 Å². The van der Waals surface area contributed by atoms with Gasteiger partial charge in [0.25, 0.3) is 0 Å². The predicted octanol–water partition coefficient (Wildman–Crippen LogP) is 3.29. The Balaban J connectivity index is 1.91. The minimum atomic E-state index is 0.593. The summed E-state index contributed by atoms with van der Waals surface area (Å²) >= 11 is 1.67. The molecule has 26 heavy (non-hydrogen) atoms. The fourth-order valence-corrected chi connectivity index (χ4v) is 3.79. The molecule has 1 fully saturated rings. The SMILES string of the molecule is CCNC(=NCCCc1nnc(SC)n1CC(C)C)N1CCC(C)CC1. The molecular formula is C19H36N6S. The van der Waals surface area contributed by atoms with E-state index in [9.17, 15) is 0 Å². The van der Waals surface area contributed by atoms with Crippen molar-refractivity contribution in [1.29, 1.82) is 0 Å². The fourth-order valence-electron chi connectivity index (χ4n) is 3.27. The van der Waals surface area contributed by atoms with E-state index in [2.05, 4.69) is 58.9 Å². The van der Waals surface area contributed by atoms with Gasteiger partial charge in [0.15, 0.2) is 11.1 Å². The summed E-state index contributed by atoms with van der Waals surface area (Å²) < 4.78 is 2.27. The quantitative estimate of drug-likeness (QED) is 0.325. The molecule has 1 N–H and O–H groups in total. The number of nitrogens with one attached hydrogen (secondary N) is 1. The third-order valence-electron chi connectivity index (χ3n) is 4.76. The van der Waals surface area contributed by atoms with E-state index >= 15 is 0 Å². The molecule has 1 aromatic rings. The molecule has 1 saturated heterocycles. The largest absolute Gasteiger partial charge is 0.357 e. The van der Waals surface area contributed by atoms with Crippen LogP contribution in [0.1, 0.15) is 52.8 Å². The first-order valence-electron chi connectivity index (χ1n) is 10.0. The summed E-state index contributed by atoms with van der Waals surface area (Å²) in [6, 6.07) is 0. The Morgan fingerprint density at radius 1 is 1.31 bits per heavy atom. The molecule has 0 atom stereocenters. The highest BCUT2D eigenvalue weighted by Crippen LogP contribution is 2.17. The van der Waals surface area contributed by atoms with Gasteiger partial charge in [0.2, 0.25) is 0 Å². The van der Waals surface area contributed by atoms with Crippen molar-refractivity contribution >= 4 is 17.7 Å². The predicted molar refractivity (Wildman–Crippen MR) is 111 cm³/mol. The van der Waals surface area contributed by atoms with Crippen LogP contribution in [0.15, 0.2) is 10.1 Å². The lowest BCUT2D eigenvalue weighted by molar-refractivity contribution is 0.273. The molecule has 2 rings (SSSR count). The molecule has 0 aliphatic carbocycles. The van der Waals surface area contributed by atoms with Crippen LogP contribution in [0.5, 0.6) is 0 Å². The van der Waals surface area contributed by atoms with Crippen molar-refractivity contribution in [2.45, 2.75) is 65.1 Å². The fraction of sp³-hybridized carbons (Fsp3) is 0.842. The zero-order chi connectivity index (χ0) is 18.9. The zero-order valence-corrected chi connectivity index (χ0v) is 18.0. The van der Waals surface area contributed by atoms with Crippen molar-refractivity contribution in [3.8, 4) is 0 Å². The Hall–Kier alpha value is -1.24. The van der Waals surface area contributed by atoms with Crippen LogP contribution in [0.4, 0.5) is 0 Å². The summed E-state index contributed by atoms with van der Waals surface area (Å²) in [5, 5.41) is 13.2. The van der Waals surface area contributed by atoms with Gasteiger partial charge in [-0.15, -0.1) is 10.2 Å². The number of hydrogen-bond donors (Lipinski definition) is 1. The highest BCUT2D eigenvalue weighted by molar-refractivity contribution is 7.98. The molecular weight excluding hydrogens is 344 g/mol. The summed E-state index contributed by atoms with van der Waals surface area (Å²) in [5.41, 5.74) is 0. The maximum absolute atomic E-state index is 4.86. The third kappa shape index (κ3) is 6.18. The van der Waals surface area contributed by atoms with Gasteiger partial charge in [0.1, 0.15) is 5.82 Å². The average molecular weight is 381 g/mol. The van der Waals surface area contributed by atoms with Crippen molar-refractivity contribution in [2.24, 2.45) is 16.8 Å². The molecule has 0 bridgehead atoms. The van der Waals surface area contributed by atoms with Gasteiger partial charge in [-0.05, 0) is 44.3 Å². The van der Waals surface area contributed by atoms with Crippen LogP contribution in [0.25, 0.3) is 0 Å². The molecule has 0 spiro atoms. The maximum atomic E-state index is 4.86. The van der Waals surface area contributed by atoms with Crippen LogP contribution >= 0.6 is 11.8 Å². The Bertz CT molecular complexity index is 560. The molecule has 0 radical (unpaired) electrons. The van der Waals surface area contributed by atoms with Gasteiger partial charge in [-0.3, -0.25) is 4.99 Å². The van der Waals surface area contributed by atoms with Crippen molar-refractivity contribution < 1.29 is 0 Å². The molecule has 6 nitrogen and oxygen atoms in total. The number of aromatic nitrogens is 3. The van der Waals surface area contributed by atoms with Crippen molar-refractivity contribution in [3.05, 3.63) is 5.82 Å². The average Bonchev–Trinajstić information content (AvgIpc) is 2.99. The molecule has 0 saturated carbocycles. The summed E-state index contributed by atoms with van der Waals surface area (Å²) in [4.78, 5) is 7.28. The van der Waals surface area contributed by atoms with E-state index in [1.165, 1.54) is 12.8 Å². The van der Waals surface area contributed by atoms with E-state index in [-0.39, 0.29) is 0 Å². The number of hydrogen-bond acceptors (Lipinski definition) is 4. The smallest absolute Gasteiger partial charge is 0.193 e. The second-order valence-corrected chi connectivity index (χ2v) is 8.39. The lowest BCUT2D eigenvalue weighted by atomic mass is 10.00. The van der Waals surface area contributed by atoms with Crippen LogP contribution in [0.2, 0.25) is 0 Å². The second-order valence-electron chi connectivity index (χ2n) is 7.62. The number of nitrogens with zero attached hydrogens (tertiary/aromatic N) is 5. The Morgan fingerprint density at radius 3 is 2.65 bits per heavy atom. The molecule has 148 valence electrons. The van der Waals surface area contributed by atoms with Gasteiger partial charge in [-0.2, -0.15) is 0 Å². The lowest BCUT2D eigenvalue weighted by Crippen LogP contribution is -2.45. The first kappa shape index (κ1) is 21.1. The van der Waals surface area contributed by atoms with E-state index in [0.717, 1.165) is 68.4 Å². The molecule has 1 aliphatic rings. The molecule has 0 amide bonds. The van der Waals surface area contributed by atoms with Crippen molar-refractivity contribution in [3.63, 3.8) is 0 Å². The van der Waals surface area contributed by atoms with E-state index in [0.29, 0.717) is 5.92 Å². The monoisotopic (exact) mass is 380 g/mol. The standard InChI is InChI=1S/C19H36N6S/c1-6-20-18(24-12-9-16(4)10-13-24)21-11-7-8-17-22-23-19(26-5)25(17)14-15(2)3/h15-16H,6-14H2,1-5H3,(H,20,21). The number of aryl methyl sites for hydroxylation is 1. The molecule has 0 aromatic carbocycles. The van der Waals surface area contributed by atoms with Gasteiger partial charge < -0.3 is 14.8 Å². The highest BCUT2D eigenvalue weighted by Gasteiger charge is 2.18. The van der Waals surface area contributed by atoms with Crippen LogP contribution in [-0.4, -0.2) is 58.1 Å². The van der Waals surface area contributed by atoms with Crippen molar-refractivity contribution in [1.82, 2.24) is 25.0 Å². The Labute approximate surface area is 163 Å². The van der Waals surface area contributed by atoms with Gasteiger partial charge in [-0.1, -0.05) is 32.5 Å². The third-order valence-corrected chi connectivity index (χ3v) is 5.43. The van der Waals surface area contributed by atoms with Gasteiger partial charge >= 0.3 is 0 Å². The van der Waals surface area contributed by atoms with Gasteiger partial charge in [-0.25, -0.2) is 0 Å². The molecule has 7 heteroatoms. The number of guanidine groups is 1. The normalized spacial score (nSPS) is 16.5. The topological polar surface area (TPSA) is 58.3 Å². The number of rotatable bonds is 8. The minimum absolute atomic E-state index is 0.593. The van der Waals surface area contributed by atoms with Crippen LogP contribution in [0, 0.1) is 11.8 Å². The molecule has 0 unspecified atom stereocenters. The minimum Gasteiger partial charge on any atom is -0.357 e. The van der Waals surface area contributed by atoms with Crippen LogP contribution in [0.3, 0.4) is 0 Å². The zero-order valence-electron chi connectivity index (χ0n) is 17.2. The number of thioether (sulfide) groups is 1. The first-order chi connectivity index (χ1) is 12.5. The highest BCUT2D eigenvalue weighted by atomic mass is 32.2. The van der Waals surface area contributed by atoms with E-state index in [1.807, 2.05) is 0 Å². The number of aliphatic imine (C=N–C) groups is 1. The van der Waals surface area contributed by atoms with E-state index in [4.69, 9.17) is 4.99 Å². The van der Waals surface area contributed by atoms with Crippen LogP contribution < -0.4 is 5.32 Å². The van der Waals surface area contributed by atoms with E-state index in [1.54, 1.807) is 11.8 Å².